The van der Waals surface area contributed by atoms with Crippen LogP contribution in [0.5, 0.6) is 0 Å². The van der Waals surface area contributed by atoms with Crippen molar-refractivity contribution < 1.29 is 12.8 Å². The summed E-state index contributed by atoms with van der Waals surface area (Å²) < 4.78 is 37.1. The molecule has 0 atom stereocenters. The number of rotatable bonds is 3. The second-order valence-electron chi connectivity index (χ2n) is 3.96. The van der Waals surface area contributed by atoms with E-state index in [0.29, 0.717) is 11.3 Å². The van der Waals surface area contributed by atoms with Crippen LogP contribution in [0.15, 0.2) is 53.4 Å². The smallest absolute Gasteiger partial charge is 0.182 e. The molecule has 0 aliphatic rings. The molecule has 0 bridgehead atoms. The maximum absolute atomic E-state index is 13.0. The molecule has 0 radical (unpaired) electrons. The van der Waals surface area contributed by atoms with Gasteiger partial charge in [0.05, 0.1) is 10.6 Å². The number of anilines is 1. The molecule has 0 saturated carbocycles. The van der Waals surface area contributed by atoms with Crippen LogP contribution >= 0.6 is 0 Å². The Balaban J connectivity index is 2.30. The monoisotopic (exact) mass is 265 g/mol. The zero-order valence-corrected chi connectivity index (χ0v) is 10.3. The summed E-state index contributed by atoms with van der Waals surface area (Å²) in [4.78, 5) is 0.181. The molecule has 0 fully saturated rings. The van der Waals surface area contributed by atoms with Crippen molar-refractivity contribution in [3.63, 3.8) is 0 Å². The molecule has 0 aliphatic heterocycles. The van der Waals surface area contributed by atoms with Crippen LogP contribution in [0.3, 0.4) is 0 Å². The molecule has 0 heterocycles. The van der Waals surface area contributed by atoms with Gasteiger partial charge in [-0.3, -0.25) is 0 Å². The van der Waals surface area contributed by atoms with Gasteiger partial charge < -0.3 is 5.73 Å². The van der Waals surface area contributed by atoms with E-state index in [1.807, 2.05) is 0 Å². The van der Waals surface area contributed by atoms with Crippen LogP contribution in [-0.4, -0.2) is 8.42 Å². The van der Waals surface area contributed by atoms with Crippen molar-refractivity contribution in [2.45, 2.75) is 10.6 Å². The second-order valence-corrected chi connectivity index (χ2v) is 5.95. The Morgan fingerprint density at radius 2 is 1.72 bits per heavy atom. The van der Waals surface area contributed by atoms with Crippen LogP contribution in [-0.2, 0) is 15.6 Å². The molecule has 5 heteroatoms. The van der Waals surface area contributed by atoms with Crippen molar-refractivity contribution in [1.29, 1.82) is 0 Å². The Kier molecular flexibility index (Phi) is 3.34. The molecule has 2 aromatic rings. The molecule has 2 rings (SSSR count). The Hall–Kier alpha value is -1.88. The maximum Gasteiger partial charge on any atom is 0.182 e. The number of nitrogen functional groups attached to an aromatic ring is 1. The zero-order chi connectivity index (χ0) is 13.2. The Labute approximate surface area is 105 Å². The van der Waals surface area contributed by atoms with E-state index in [1.165, 1.54) is 42.5 Å². The van der Waals surface area contributed by atoms with E-state index >= 15 is 0 Å². The molecule has 0 aliphatic carbocycles. The number of nitrogens with two attached hydrogens (primary N) is 1. The first-order valence-corrected chi connectivity index (χ1v) is 6.95. The molecule has 0 unspecified atom stereocenters. The van der Waals surface area contributed by atoms with Crippen molar-refractivity contribution in [3.05, 3.63) is 59.9 Å². The molecule has 94 valence electrons. The molecule has 3 nitrogen and oxygen atoms in total. The SMILES string of the molecule is Nc1ccc(S(=O)(=O)Cc2cccc(F)c2)cc1. The fraction of sp³-hybridized carbons (Fsp3) is 0.0769. The standard InChI is InChI=1S/C13H12FNO2S/c14-11-3-1-2-10(8-11)9-18(16,17)13-6-4-12(15)5-7-13/h1-8H,9,15H2. The topological polar surface area (TPSA) is 60.2 Å². The number of sulfone groups is 1. The molecule has 2 aromatic carbocycles. The van der Waals surface area contributed by atoms with Crippen LogP contribution < -0.4 is 5.73 Å². The average Bonchev–Trinajstić information content (AvgIpc) is 2.29. The first kappa shape index (κ1) is 12.6. The second kappa shape index (κ2) is 4.78. The fourth-order valence-electron chi connectivity index (χ4n) is 1.60. The highest BCUT2D eigenvalue weighted by molar-refractivity contribution is 7.90. The number of benzene rings is 2. The molecule has 0 amide bonds. The minimum Gasteiger partial charge on any atom is -0.399 e. The third-order valence-electron chi connectivity index (χ3n) is 2.48. The highest BCUT2D eigenvalue weighted by Crippen LogP contribution is 2.18. The van der Waals surface area contributed by atoms with Crippen molar-refractivity contribution in [2.24, 2.45) is 0 Å². The van der Waals surface area contributed by atoms with Gasteiger partial charge in [0.2, 0.25) is 0 Å². The summed E-state index contributed by atoms with van der Waals surface area (Å²) in [5.74, 6) is -0.672. The van der Waals surface area contributed by atoms with E-state index < -0.39 is 15.7 Å². The summed E-state index contributed by atoms with van der Waals surface area (Å²) >= 11 is 0. The summed E-state index contributed by atoms with van der Waals surface area (Å²) in [5, 5.41) is 0. The lowest BCUT2D eigenvalue weighted by molar-refractivity contribution is 0.594. The van der Waals surface area contributed by atoms with E-state index in [2.05, 4.69) is 0 Å². The van der Waals surface area contributed by atoms with Gasteiger partial charge in [0.25, 0.3) is 0 Å². The molecule has 0 saturated heterocycles. The summed E-state index contributed by atoms with van der Waals surface area (Å²) in [7, 11) is -3.47. The van der Waals surface area contributed by atoms with Crippen LogP contribution in [0.4, 0.5) is 10.1 Å². The van der Waals surface area contributed by atoms with Crippen molar-refractivity contribution in [2.75, 3.05) is 5.73 Å². The Morgan fingerprint density at radius 3 is 2.33 bits per heavy atom. The molecule has 0 aromatic heterocycles. The van der Waals surface area contributed by atoms with Crippen molar-refractivity contribution >= 4 is 15.5 Å². The highest BCUT2D eigenvalue weighted by atomic mass is 32.2. The van der Waals surface area contributed by atoms with Gasteiger partial charge in [-0.1, -0.05) is 12.1 Å². The molecule has 0 spiro atoms. The minimum atomic E-state index is -3.47. The normalized spacial score (nSPS) is 11.4. The van der Waals surface area contributed by atoms with Gasteiger partial charge in [0.15, 0.2) is 9.84 Å². The minimum absolute atomic E-state index is 0.181. The van der Waals surface area contributed by atoms with E-state index in [4.69, 9.17) is 5.73 Å². The van der Waals surface area contributed by atoms with Gasteiger partial charge in [0, 0.05) is 5.69 Å². The van der Waals surface area contributed by atoms with E-state index in [-0.39, 0.29) is 10.6 Å². The lowest BCUT2D eigenvalue weighted by Gasteiger charge is -2.05. The first-order valence-electron chi connectivity index (χ1n) is 5.30. The summed E-state index contributed by atoms with van der Waals surface area (Å²) in [6.07, 6.45) is 0. The predicted molar refractivity (Wildman–Crippen MR) is 68.1 cm³/mol. The number of hydrogen-bond acceptors (Lipinski definition) is 3. The van der Waals surface area contributed by atoms with Gasteiger partial charge >= 0.3 is 0 Å². The van der Waals surface area contributed by atoms with E-state index in [1.54, 1.807) is 6.07 Å². The van der Waals surface area contributed by atoms with Gasteiger partial charge in [-0.15, -0.1) is 0 Å². The number of hydrogen-bond donors (Lipinski definition) is 1. The first-order chi connectivity index (χ1) is 8.47. The summed E-state index contributed by atoms with van der Waals surface area (Å²) in [6, 6.07) is 11.5. The molecular formula is C13H12FNO2S. The van der Waals surface area contributed by atoms with E-state index in [9.17, 15) is 12.8 Å². The third kappa shape index (κ3) is 2.87. The molecular weight excluding hydrogens is 253 g/mol. The Bertz CT molecular complexity index is 651. The van der Waals surface area contributed by atoms with Gasteiger partial charge in [0.1, 0.15) is 5.82 Å². The summed E-state index contributed by atoms with van der Waals surface area (Å²) in [6.45, 7) is 0. The van der Waals surface area contributed by atoms with Crippen LogP contribution in [0.2, 0.25) is 0 Å². The highest BCUT2D eigenvalue weighted by Gasteiger charge is 2.15. The van der Waals surface area contributed by atoms with E-state index in [0.717, 1.165) is 0 Å². The van der Waals surface area contributed by atoms with Crippen molar-refractivity contribution in [1.82, 2.24) is 0 Å². The average molecular weight is 265 g/mol. The predicted octanol–water partition coefficient (Wildman–Crippen LogP) is 2.38. The molecule has 18 heavy (non-hydrogen) atoms. The largest absolute Gasteiger partial charge is 0.399 e. The van der Waals surface area contributed by atoms with Crippen LogP contribution in [0.1, 0.15) is 5.56 Å². The number of halogens is 1. The van der Waals surface area contributed by atoms with Crippen LogP contribution in [0.25, 0.3) is 0 Å². The third-order valence-corrected chi connectivity index (χ3v) is 4.19. The maximum atomic E-state index is 13.0. The quantitative estimate of drug-likeness (QED) is 0.867. The van der Waals surface area contributed by atoms with Gasteiger partial charge in [-0.2, -0.15) is 0 Å². The zero-order valence-electron chi connectivity index (χ0n) is 9.51. The lowest BCUT2D eigenvalue weighted by Crippen LogP contribution is -2.05. The Morgan fingerprint density at radius 1 is 1.06 bits per heavy atom. The summed E-state index contributed by atoms with van der Waals surface area (Å²) in [5.41, 5.74) is 6.42. The van der Waals surface area contributed by atoms with Gasteiger partial charge in [-0.05, 0) is 42.0 Å². The van der Waals surface area contributed by atoms with Crippen LogP contribution in [0, 0.1) is 5.82 Å². The lowest BCUT2D eigenvalue weighted by atomic mass is 10.2. The van der Waals surface area contributed by atoms with Gasteiger partial charge in [-0.25, -0.2) is 12.8 Å². The molecule has 2 N–H and O–H groups in total. The van der Waals surface area contributed by atoms with Crippen molar-refractivity contribution in [3.8, 4) is 0 Å². The fourth-order valence-corrected chi connectivity index (χ4v) is 2.94.